The smallest absolute Gasteiger partial charge is 0.142 e. The molecule has 2 rings (SSSR count). The van der Waals surface area contributed by atoms with E-state index in [0.717, 1.165) is 24.6 Å². The highest BCUT2D eigenvalue weighted by Gasteiger charge is 2.11. The summed E-state index contributed by atoms with van der Waals surface area (Å²) in [7, 11) is 0. The molecule has 0 radical (unpaired) electrons. The maximum Gasteiger partial charge on any atom is 0.142 e. The Morgan fingerprint density at radius 3 is 2.75 bits per heavy atom. The number of benzene rings is 1. The third kappa shape index (κ3) is 2.89. The molecule has 16 heavy (non-hydrogen) atoms. The van der Waals surface area contributed by atoms with Crippen molar-refractivity contribution in [2.45, 2.75) is 19.8 Å². The first-order chi connectivity index (χ1) is 7.75. The molecule has 0 atom stereocenters. The number of hydrogen-bond acceptors (Lipinski definition) is 3. The normalized spacial score (nSPS) is 16.6. The van der Waals surface area contributed by atoms with Gasteiger partial charge in [-0.15, -0.1) is 0 Å². The van der Waals surface area contributed by atoms with E-state index in [9.17, 15) is 0 Å². The fourth-order valence-electron chi connectivity index (χ4n) is 2.09. The number of rotatable bonds is 4. The lowest BCUT2D eigenvalue weighted by Crippen LogP contribution is -2.25. The van der Waals surface area contributed by atoms with Crippen LogP contribution in [0.25, 0.3) is 0 Å². The van der Waals surface area contributed by atoms with Crippen LogP contribution in [0.3, 0.4) is 0 Å². The van der Waals surface area contributed by atoms with Crippen molar-refractivity contribution in [1.82, 2.24) is 4.90 Å². The molecule has 0 aliphatic carbocycles. The van der Waals surface area contributed by atoms with Crippen LogP contribution >= 0.6 is 0 Å². The highest BCUT2D eigenvalue weighted by atomic mass is 16.5. The summed E-state index contributed by atoms with van der Waals surface area (Å²) in [6.45, 7) is 6.20. The van der Waals surface area contributed by atoms with Crippen LogP contribution in [-0.2, 0) is 0 Å². The van der Waals surface area contributed by atoms with E-state index in [-0.39, 0.29) is 0 Å². The van der Waals surface area contributed by atoms with Crippen molar-refractivity contribution >= 4 is 5.69 Å². The summed E-state index contributed by atoms with van der Waals surface area (Å²) >= 11 is 0. The van der Waals surface area contributed by atoms with Crippen molar-refractivity contribution < 1.29 is 4.74 Å². The summed E-state index contributed by atoms with van der Waals surface area (Å²) in [6.07, 6.45) is 2.65. The van der Waals surface area contributed by atoms with Gasteiger partial charge in [-0.3, -0.25) is 4.90 Å². The molecular weight excluding hydrogens is 200 g/mol. The number of aryl methyl sites for hydroxylation is 1. The minimum absolute atomic E-state index is 0.729. The Balaban J connectivity index is 1.80. The number of nitrogens with two attached hydrogens (primary N) is 1. The molecule has 0 aromatic heterocycles. The van der Waals surface area contributed by atoms with Gasteiger partial charge < -0.3 is 10.5 Å². The Hall–Kier alpha value is -1.22. The highest BCUT2D eigenvalue weighted by molar-refractivity contribution is 5.53. The number of nitrogens with zero attached hydrogens (tertiary/aromatic N) is 1. The number of ether oxygens (including phenoxy) is 1. The van der Waals surface area contributed by atoms with Crippen molar-refractivity contribution in [3.63, 3.8) is 0 Å². The standard InChI is InChI=1S/C13H20N2O/c1-11-4-5-13(12(14)10-11)16-9-8-15-6-2-3-7-15/h4-5,10H,2-3,6-9,14H2,1H3. The highest BCUT2D eigenvalue weighted by Crippen LogP contribution is 2.22. The van der Waals surface area contributed by atoms with Gasteiger partial charge in [0.1, 0.15) is 12.4 Å². The first-order valence-electron chi connectivity index (χ1n) is 5.97. The van der Waals surface area contributed by atoms with E-state index in [4.69, 9.17) is 10.5 Å². The average Bonchev–Trinajstić information content (AvgIpc) is 2.74. The maximum atomic E-state index is 5.88. The van der Waals surface area contributed by atoms with Crippen LogP contribution in [0.15, 0.2) is 18.2 Å². The summed E-state index contributed by atoms with van der Waals surface area (Å²) in [5, 5.41) is 0. The topological polar surface area (TPSA) is 38.5 Å². The molecule has 0 unspecified atom stereocenters. The fourth-order valence-corrected chi connectivity index (χ4v) is 2.09. The molecule has 0 bridgehead atoms. The summed E-state index contributed by atoms with van der Waals surface area (Å²) in [5.41, 5.74) is 7.79. The molecule has 1 aromatic carbocycles. The van der Waals surface area contributed by atoms with Crippen LogP contribution in [-0.4, -0.2) is 31.1 Å². The van der Waals surface area contributed by atoms with Crippen LogP contribution in [0.1, 0.15) is 18.4 Å². The van der Waals surface area contributed by atoms with E-state index in [1.807, 2.05) is 25.1 Å². The molecule has 1 aromatic rings. The van der Waals surface area contributed by atoms with Gasteiger partial charge in [-0.25, -0.2) is 0 Å². The molecule has 2 N–H and O–H groups in total. The number of nitrogen functional groups attached to an aromatic ring is 1. The molecule has 3 heteroatoms. The predicted octanol–water partition coefficient (Wildman–Crippen LogP) is 2.05. The van der Waals surface area contributed by atoms with Gasteiger partial charge in [0.05, 0.1) is 5.69 Å². The van der Waals surface area contributed by atoms with E-state index < -0.39 is 0 Å². The van der Waals surface area contributed by atoms with Crippen molar-refractivity contribution in [2.24, 2.45) is 0 Å². The van der Waals surface area contributed by atoms with E-state index in [2.05, 4.69) is 4.90 Å². The first-order valence-corrected chi connectivity index (χ1v) is 5.97. The van der Waals surface area contributed by atoms with Crippen molar-refractivity contribution in [3.8, 4) is 5.75 Å². The average molecular weight is 220 g/mol. The number of anilines is 1. The lowest BCUT2D eigenvalue weighted by atomic mass is 10.2. The van der Waals surface area contributed by atoms with Crippen LogP contribution in [0, 0.1) is 6.92 Å². The lowest BCUT2D eigenvalue weighted by molar-refractivity contribution is 0.238. The second-order valence-corrected chi connectivity index (χ2v) is 4.44. The van der Waals surface area contributed by atoms with E-state index >= 15 is 0 Å². The predicted molar refractivity (Wildman–Crippen MR) is 66.8 cm³/mol. The minimum atomic E-state index is 0.729. The summed E-state index contributed by atoms with van der Waals surface area (Å²) in [4.78, 5) is 2.43. The molecule has 1 aliphatic rings. The van der Waals surface area contributed by atoms with Crippen LogP contribution in [0.4, 0.5) is 5.69 Å². The number of likely N-dealkylation sites (tertiary alicyclic amines) is 1. The first kappa shape index (κ1) is 11.3. The molecule has 1 saturated heterocycles. The number of hydrogen-bond donors (Lipinski definition) is 1. The Labute approximate surface area is 97.2 Å². The fraction of sp³-hybridized carbons (Fsp3) is 0.538. The monoisotopic (exact) mass is 220 g/mol. The zero-order valence-corrected chi connectivity index (χ0v) is 9.91. The minimum Gasteiger partial charge on any atom is -0.490 e. The van der Waals surface area contributed by atoms with E-state index in [1.165, 1.54) is 31.5 Å². The molecular formula is C13H20N2O. The molecule has 0 saturated carbocycles. The van der Waals surface area contributed by atoms with Gasteiger partial charge in [0.15, 0.2) is 0 Å². The molecule has 88 valence electrons. The van der Waals surface area contributed by atoms with E-state index in [0.29, 0.717) is 0 Å². The third-order valence-corrected chi connectivity index (χ3v) is 3.03. The maximum absolute atomic E-state index is 5.88. The van der Waals surface area contributed by atoms with Gasteiger partial charge in [-0.05, 0) is 50.6 Å². The third-order valence-electron chi connectivity index (χ3n) is 3.03. The second-order valence-electron chi connectivity index (χ2n) is 4.44. The van der Waals surface area contributed by atoms with Gasteiger partial charge >= 0.3 is 0 Å². The molecule has 0 spiro atoms. The van der Waals surface area contributed by atoms with Crippen molar-refractivity contribution in [3.05, 3.63) is 23.8 Å². The largest absolute Gasteiger partial charge is 0.490 e. The Bertz CT molecular complexity index is 346. The van der Waals surface area contributed by atoms with Gasteiger partial charge in [0.2, 0.25) is 0 Å². The molecule has 0 amide bonds. The second kappa shape index (κ2) is 5.21. The summed E-state index contributed by atoms with van der Waals surface area (Å²) in [6, 6.07) is 5.93. The molecule has 3 nitrogen and oxygen atoms in total. The quantitative estimate of drug-likeness (QED) is 0.789. The van der Waals surface area contributed by atoms with Gasteiger partial charge in [0.25, 0.3) is 0 Å². The van der Waals surface area contributed by atoms with Crippen molar-refractivity contribution in [1.29, 1.82) is 0 Å². The van der Waals surface area contributed by atoms with Gasteiger partial charge in [-0.1, -0.05) is 6.07 Å². The van der Waals surface area contributed by atoms with Crippen molar-refractivity contribution in [2.75, 3.05) is 32.0 Å². The SMILES string of the molecule is Cc1ccc(OCCN2CCCC2)c(N)c1. The summed E-state index contributed by atoms with van der Waals surface area (Å²) in [5.74, 6) is 0.810. The molecule has 1 aliphatic heterocycles. The zero-order valence-electron chi connectivity index (χ0n) is 9.91. The van der Waals surface area contributed by atoms with E-state index in [1.54, 1.807) is 0 Å². The molecule has 1 fully saturated rings. The van der Waals surface area contributed by atoms with Crippen LogP contribution in [0.2, 0.25) is 0 Å². The Kier molecular flexibility index (Phi) is 3.67. The van der Waals surface area contributed by atoms with Crippen LogP contribution in [0.5, 0.6) is 5.75 Å². The Morgan fingerprint density at radius 2 is 2.06 bits per heavy atom. The summed E-state index contributed by atoms with van der Waals surface area (Å²) < 4.78 is 5.69. The molecule has 1 heterocycles. The zero-order chi connectivity index (χ0) is 11.4. The Morgan fingerprint density at radius 1 is 1.31 bits per heavy atom. The van der Waals surface area contributed by atoms with Gasteiger partial charge in [-0.2, -0.15) is 0 Å². The lowest BCUT2D eigenvalue weighted by Gasteiger charge is -2.15. The van der Waals surface area contributed by atoms with Crippen LogP contribution < -0.4 is 10.5 Å². The van der Waals surface area contributed by atoms with Gasteiger partial charge in [0, 0.05) is 6.54 Å².